The summed E-state index contributed by atoms with van der Waals surface area (Å²) in [4.78, 5) is 28.2. The van der Waals surface area contributed by atoms with Gasteiger partial charge in [0.1, 0.15) is 5.69 Å². The first kappa shape index (κ1) is 18.5. The largest absolute Gasteiger partial charge is 0.481 e. The lowest BCUT2D eigenvalue weighted by molar-refractivity contribution is -0.145. The van der Waals surface area contributed by atoms with Crippen molar-refractivity contribution in [1.29, 1.82) is 0 Å². The van der Waals surface area contributed by atoms with Crippen molar-refractivity contribution in [2.45, 2.75) is 24.8 Å². The Morgan fingerprint density at radius 1 is 1.00 bits per heavy atom. The topological polar surface area (TPSA) is 62.5 Å². The highest BCUT2D eigenvalue weighted by Crippen LogP contribution is 2.36. The Morgan fingerprint density at radius 2 is 1.75 bits per heavy atom. The van der Waals surface area contributed by atoms with Crippen LogP contribution < -0.4 is 0 Å². The standard InChI is InChI=1S/C22H22N2O3S/c25-20(19-9-4-12-24(19)16-18-8-5-15-28-18)23-13-10-22(11-14-23,21(26)27)17-6-2-1-3-7-17/h1-9,12,15H,10-11,13-14,16H2,(H,26,27). The van der Waals surface area contributed by atoms with Crippen molar-refractivity contribution < 1.29 is 14.7 Å². The Hall–Kier alpha value is -2.86. The van der Waals surface area contributed by atoms with Crippen LogP contribution in [-0.4, -0.2) is 39.5 Å². The number of aromatic nitrogens is 1. The minimum absolute atomic E-state index is 0.0337. The SMILES string of the molecule is O=C(c1cccn1Cc1cccs1)N1CCC(C(=O)O)(c2ccccc2)CC1. The summed E-state index contributed by atoms with van der Waals surface area (Å²) < 4.78 is 1.96. The van der Waals surface area contributed by atoms with Gasteiger partial charge in [0.25, 0.3) is 5.91 Å². The number of likely N-dealkylation sites (tertiary alicyclic amines) is 1. The summed E-state index contributed by atoms with van der Waals surface area (Å²) in [6.45, 7) is 1.54. The molecule has 1 saturated heterocycles. The van der Waals surface area contributed by atoms with Gasteiger partial charge in [-0.3, -0.25) is 9.59 Å². The third-order valence-electron chi connectivity index (χ3n) is 5.59. The number of carboxylic acids is 1. The number of hydrogen-bond donors (Lipinski definition) is 1. The van der Waals surface area contributed by atoms with Crippen LogP contribution in [0, 0.1) is 0 Å². The summed E-state index contributed by atoms with van der Waals surface area (Å²) in [5, 5.41) is 12.0. The number of benzene rings is 1. The quantitative estimate of drug-likeness (QED) is 0.715. The molecule has 5 nitrogen and oxygen atoms in total. The molecule has 0 saturated carbocycles. The van der Waals surface area contributed by atoms with Crippen molar-refractivity contribution in [2.24, 2.45) is 0 Å². The number of nitrogens with zero attached hydrogens (tertiary/aromatic N) is 2. The predicted octanol–water partition coefficient (Wildman–Crippen LogP) is 3.86. The van der Waals surface area contributed by atoms with E-state index < -0.39 is 11.4 Å². The number of piperidine rings is 1. The van der Waals surface area contributed by atoms with Crippen molar-refractivity contribution in [1.82, 2.24) is 9.47 Å². The molecule has 0 spiro atoms. The Labute approximate surface area is 167 Å². The second kappa shape index (κ2) is 7.64. The minimum atomic E-state index is -0.920. The van der Waals surface area contributed by atoms with E-state index in [9.17, 15) is 14.7 Å². The summed E-state index contributed by atoms with van der Waals surface area (Å²) in [7, 11) is 0. The molecule has 1 aliphatic rings. The van der Waals surface area contributed by atoms with Crippen molar-refractivity contribution >= 4 is 23.2 Å². The average Bonchev–Trinajstić information content (AvgIpc) is 3.40. The molecule has 28 heavy (non-hydrogen) atoms. The zero-order chi connectivity index (χ0) is 19.6. The summed E-state index contributed by atoms with van der Waals surface area (Å²) in [6.07, 6.45) is 2.76. The van der Waals surface area contributed by atoms with Crippen LogP contribution in [0.5, 0.6) is 0 Å². The van der Waals surface area contributed by atoms with Crippen molar-refractivity contribution in [3.8, 4) is 0 Å². The Kier molecular flexibility index (Phi) is 5.05. The molecule has 0 bridgehead atoms. The maximum Gasteiger partial charge on any atom is 0.314 e. The number of carbonyl (C=O) groups is 2. The van der Waals surface area contributed by atoms with E-state index in [2.05, 4.69) is 6.07 Å². The van der Waals surface area contributed by atoms with E-state index >= 15 is 0 Å². The van der Waals surface area contributed by atoms with Gasteiger partial charge in [-0.25, -0.2) is 0 Å². The van der Waals surface area contributed by atoms with Gasteiger partial charge in [-0.15, -0.1) is 11.3 Å². The van der Waals surface area contributed by atoms with Crippen LogP contribution in [0.15, 0.2) is 66.2 Å². The van der Waals surface area contributed by atoms with E-state index in [4.69, 9.17) is 0 Å². The third kappa shape index (κ3) is 3.36. The van der Waals surface area contributed by atoms with Crippen LogP contribution in [-0.2, 0) is 16.8 Å². The van der Waals surface area contributed by atoms with Gasteiger partial charge >= 0.3 is 5.97 Å². The normalized spacial score (nSPS) is 16.1. The molecule has 6 heteroatoms. The second-order valence-corrected chi connectivity index (χ2v) is 8.18. The van der Waals surface area contributed by atoms with E-state index in [1.807, 2.05) is 64.7 Å². The number of rotatable bonds is 5. The van der Waals surface area contributed by atoms with E-state index in [0.717, 1.165) is 5.56 Å². The first-order valence-corrected chi connectivity index (χ1v) is 10.2. The molecule has 144 valence electrons. The fraction of sp³-hybridized carbons (Fsp3) is 0.273. The smallest absolute Gasteiger partial charge is 0.314 e. The third-order valence-corrected chi connectivity index (χ3v) is 6.46. The minimum Gasteiger partial charge on any atom is -0.481 e. The molecule has 1 N–H and O–H groups in total. The molecule has 0 unspecified atom stereocenters. The summed E-state index contributed by atoms with van der Waals surface area (Å²) in [5.41, 5.74) is 0.545. The summed E-state index contributed by atoms with van der Waals surface area (Å²) >= 11 is 1.67. The Bertz CT molecular complexity index is 955. The highest BCUT2D eigenvalue weighted by atomic mass is 32.1. The molecule has 3 aromatic rings. The van der Waals surface area contributed by atoms with Crippen LogP contribution in [0.4, 0.5) is 0 Å². The van der Waals surface area contributed by atoms with Gasteiger partial charge < -0.3 is 14.6 Å². The van der Waals surface area contributed by atoms with E-state index in [1.54, 1.807) is 16.2 Å². The second-order valence-electron chi connectivity index (χ2n) is 7.15. The average molecular weight is 394 g/mol. The van der Waals surface area contributed by atoms with Crippen molar-refractivity contribution in [2.75, 3.05) is 13.1 Å². The van der Waals surface area contributed by atoms with E-state index in [-0.39, 0.29) is 5.91 Å². The van der Waals surface area contributed by atoms with Crippen molar-refractivity contribution in [3.05, 3.63) is 82.3 Å². The molecule has 3 heterocycles. The number of amides is 1. The van der Waals surface area contributed by atoms with E-state index in [1.165, 1.54) is 4.88 Å². The maximum atomic E-state index is 13.1. The van der Waals surface area contributed by atoms with Gasteiger partial charge in [0, 0.05) is 24.2 Å². The van der Waals surface area contributed by atoms with Gasteiger partial charge in [0.2, 0.25) is 0 Å². The zero-order valence-corrected chi connectivity index (χ0v) is 16.3. The highest BCUT2D eigenvalue weighted by Gasteiger charge is 2.44. The van der Waals surface area contributed by atoms with Crippen LogP contribution in [0.25, 0.3) is 0 Å². The Morgan fingerprint density at radius 3 is 2.39 bits per heavy atom. The first-order valence-electron chi connectivity index (χ1n) is 9.36. The lowest BCUT2D eigenvalue weighted by Crippen LogP contribution is -2.49. The van der Waals surface area contributed by atoms with Gasteiger partial charge in [0.15, 0.2) is 0 Å². The molecule has 1 aliphatic heterocycles. The van der Waals surface area contributed by atoms with Crippen LogP contribution in [0.1, 0.15) is 33.8 Å². The number of carbonyl (C=O) groups excluding carboxylic acids is 1. The molecular formula is C22H22N2O3S. The maximum absolute atomic E-state index is 13.1. The molecule has 2 aromatic heterocycles. The molecule has 0 aliphatic carbocycles. The van der Waals surface area contributed by atoms with Crippen LogP contribution in [0.3, 0.4) is 0 Å². The lowest BCUT2D eigenvalue weighted by Gasteiger charge is -2.39. The van der Waals surface area contributed by atoms with E-state index in [0.29, 0.717) is 38.2 Å². The molecule has 1 aromatic carbocycles. The molecule has 0 radical (unpaired) electrons. The number of thiophene rings is 1. The number of carboxylic acid groups (broad SMARTS) is 1. The van der Waals surface area contributed by atoms with Crippen LogP contribution >= 0.6 is 11.3 Å². The fourth-order valence-corrected chi connectivity index (χ4v) is 4.66. The first-order chi connectivity index (χ1) is 13.6. The van der Waals surface area contributed by atoms with Gasteiger partial charge in [-0.2, -0.15) is 0 Å². The fourth-order valence-electron chi connectivity index (χ4n) is 3.95. The van der Waals surface area contributed by atoms with Gasteiger partial charge in [-0.05, 0) is 42.0 Å². The number of aliphatic carboxylic acids is 1. The molecule has 1 fully saturated rings. The van der Waals surface area contributed by atoms with Gasteiger partial charge in [0.05, 0.1) is 12.0 Å². The molecular weight excluding hydrogens is 372 g/mol. The molecule has 1 amide bonds. The monoisotopic (exact) mass is 394 g/mol. The van der Waals surface area contributed by atoms with Crippen LogP contribution in [0.2, 0.25) is 0 Å². The molecule has 0 atom stereocenters. The molecule has 4 rings (SSSR count). The summed E-state index contributed by atoms with van der Waals surface area (Å²) in [6, 6.07) is 17.2. The zero-order valence-electron chi connectivity index (χ0n) is 15.5. The highest BCUT2D eigenvalue weighted by molar-refractivity contribution is 7.09. The van der Waals surface area contributed by atoms with Gasteiger partial charge in [-0.1, -0.05) is 36.4 Å². The summed E-state index contributed by atoms with van der Waals surface area (Å²) in [5.74, 6) is -0.847. The lowest BCUT2D eigenvalue weighted by atomic mass is 9.73. The van der Waals surface area contributed by atoms with Crippen molar-refractivity contribution in [3.63, 3.8) is 0 Å². The Balaban J connectivity index is 1.50. The predicted molar refractivity (Wildman–Crippen MR) is 109 cm³/mol. The number of hydrogen-bond acceptors (Lipinski definition) is 3.